The number of nitrogens with zero attached hydrogens (tertiary/aromatic N) is 2. The summed E-state index contributed by atoms with van der Waals surface area (Å²) in [6.45, 7) is 0. The zero-order valence-corrected chi connectivity index (χ0v) is 12.6. The van der Waals surface area contributed by atoms with Gasteiger partial charge in [0.1, 0.15) is 22.3 Å². The topological polar surface area (TPSA) is 72.0 Å². The molecule has 2 rings (SSSR count). The summed E-state index contributed by atoms with van der Waals surface area (Å²) in [7, 11) is -4.30. The summed E-state index contributed by atoms with van der Waals surface area (Å²) in [5.74, 6) is -2.27. The van der Waals surface area contributed by atoms with Crippen molar-refractivity contribution in [2.24, 2.45) is 0 Å². The van der Waals surface area contributed by atoms with Crippen LogP contribution in [-0.2, 0) is 10.0 Å². The second kappa shape index (κ2) is 5.58. The number of hydrogen-bond donors (Lipinski definition) is 1. The van der Waals surface area contributed by atoms with Crippen molar-refractivity contribution in [2.45, 2.75) is 4.90 Å². The van der Waals surface area contributed by atoms with E-state index in [2.05, 4.69) is 25.9 Å². The minimum atomic E-state index is -4.30. The zero-order chi connectivity index (χ0) is 14.9. The van der Waals surface area contributed by atoms with E-state index < -0.39 is 26.6 Å². The summed E-state index contributed by atoms with van der Waals surface area (Å²) >= 11 is 8.32. The van der Waals surface area contributed by atoms with Crippen LogP contribution in [0.2, 0.25) is 5.28 Å². The summed E-state index contributed by atoms with van der Waals surface area (Å²) in [4.78, 5) is 6.46. The minimum absolute atomic E-state index is 0.138. The molecule has 1 heterocycles. The molecule has 0 bridgehead atoms. The number of benzene rings is 1. The van der Waals surface area contributed by atoms with Crippen LogP contribution in [-0.4, -0.2) is 18.4 Å². The standard InChI is InChI=1S/C10H5BrClF2N3O2S/c11-6-3-5(13)4-7(14)9(6)20(18,19)17-8-1-2-15-10(12)16-8/h1-4H,(H,15,16,17). The highest BCUT2D eigenvalue weighted by Gasteiger charge is 2.24. The first-order valence-corrected chi connectivity index (χ1v) is 7.61. The van der Waals surface area contributed by atoms with E-state index in [1.54, 1.807) is 0 Å². The van der Waals surface area contributed by atoms with E-state index in [4.69, 9.17) is 11.6 Å². The first kappa shape index (κ1) is 15.1. The maximum atomic E-state index is 13.6. The van der Waals surface area contributed by atoms with E-state index in [9.17, 15) is 17.2 Å². The molecule has 0 aliphatic heterocycles. The third-order valence-corrected chi connectivity index (χ3v) is 4.60. The number of rotatable bonds is 3. The Hall–Kier alpha value is -1.32. The number of hydrogen-bond acceptors (Lipinski definition) is 4. The molecule has 0 saturated heterocycles. The van der Waals surface area contributed by atoms with Gasteiger partial charge in [0.05, 0.1) is 0 Å². The second-order valence-electron chi connectivity index (χ2n) is 3.51. The Morgan fingerprint density at radius 2 is 2.00 bits per heavy atom. The SMILES string of the molecule is O=S(=O)(Nc1ccnc(Cl)n1)c1c(F)cc(F)cc1Br. The summed E-state index contributed by atoms with van der Waals surface area (Å²) in [5, 5.41) is -0.177. The van der Waals surface area contributed by atoms with E-state index in [-0.39, 0.29) is 15.6 Å². The predicted octanol–water partition coefficient (Wildman–Crippen LogP) is 2.97. The molecule has 0 saturated carbocycles. The largest absolute Gasteiger partial charge is 0.267 e. The average Bonchev–Trinajstić information content (AvgIpc) is 2.25. The van der Waals surface area contributed by atoms with Gasteiger partial charge in [0.15, 0.2) is 0 Å². The Morgan fingerprint density at radius 1 is 1.30 bits per heavy atom. The zero-order valence-electron chi connectivity index (χ0n) is 9.44. The van der Waals surface area contributed by atoms with Crippen LogP contribution in [0.5, 0.6) is 0 Å². The Bertz CT molecular complexity index is 750. The van der Waals surface area contributed by atoms with Gasteiger partial charge in [-0.05, 0) is 39.7 Å². The number of halogens is 4. The fourth-order valence-corrected chi connectivity index (χ4v) is 3.68. The summed E-state index contributed by atoms with van der Waals surface area (Å²) in [6.07, 6.45) is 1.23. The lowest BCUT2D eigenvalue weighted by molar-refractivity contribution is 0.548. The lowest BCUT2D eigenvalue weighted by Crippen LogP contribution is -2.16. The van der Waals surface area contributed by atoms with E-state index in [1.165, 1.54) is 12.3 Å². The Balaban J connectivity index is 2.46. The van der Waals surface area contributed by atoms with Crippen LogP contribution < -0.4 is 4.72 Å². The second-order valence-corrected chi connectivity index (χ2v) is 6.33. The van der Waals surface area contributed by atoms with Gasteiger partial charge in [0, 0.05) is 16.7 Å². The van der Waals surface area contributed by atoms with Gasteiger partial charge in [-0.1, -0.05) is 0 Å². The normalized spacial score (nSPS) is 11.4. The molecule has 0 aliphatic carbocycles. The van der Waals surface area contributed by atoms with Gasteiger partial charge in [-0.3, -0.25) is 4.72 Å². The van der Waals surface area contributed by atoms with Crippen molar-refractivity contribution >= 4 is 43.4 Å². The highest BCUT2D eigenvalue weighted by molar-refractivity contribution is 9.10. The number of aromatic nitrogens is 2. The molecule has 0 amide bonds. The maximum Gasteiger partial charge on any atom is 0.267 e. The van der Waals surface area contributed by atoms with Crippen molar-refractivity contribution in [3.05, 3.63) is 45.8 Å². The fourth-order valence-electron chi connectivity index (χ4n) is 1.37. The van der Waals surface area contributed by atoms with Crippen LogP contribution in [0.4, 0.5) is 14.6 Å². The summed E-state index contributed by atoms with van der Waals surface area (Å²) in [6, 6.07) is 2.54. The molecule has 106 valence electrons. The molecule has 0 fully saturated rings. The van der Waals surface area contributed by atoms with Crippen molar-refractivity contribution in [3.8, 4) is 0 Å². The molecule has 10 heteroatoms. The van der Waals surface area contributed by atoms with Crippen LogP contribution in [0.15, 0.2) is 33.8 Å². The quantitative estimate of drug-likeness (QED) is 0.826. The lowest BCUT2D eigenvalue weighted by Gasteiger charge is -2.10. The van der Waals surface area contributed by atoms with Crippen LogP contribution in [0.25, 0.3) is 0 Å². The van der Waals surface area contributed by atoms with E-state index in [0.717, 1.165) is 6.07 Å². The molecule has 0 aliphatic rings. The average molecular weight is 385 g/mol. The highest BCUT2D eigenvalue weighted by atomic mass is 79.9. The van der Waals surface area contributed by atoms with Crippen molar-refractivity contribution in [3.63, 3.8) is 0 Å². The molecule has 1 aromatic heterocycles. The first-order valence-electron chi connectivity index (χ1n) is 4.95. The molecule has 2 aromatic rings. The number of nitrogens with one attached hydrogen (secondary N) is 1. The van der Waals surface area contributed by atoms with Gasteiger partial charge in [-0.25, -0.2) is 22.2 Å². The summed E-state index contributed by atoms with van der Waals surface area (Å²) in [5.41, 5.74) is 0. The monoisotopic (exact) mass is 383 g/mol. The molecular weight excluding hydrogens is 380 g/mol. The minimum Gasteiger partial charge on any atom is -0.263 e. The molecule has 1 N–H and O–H groups in total. The van der Waals surface area contributed by atoms with E-state index >= 15 is 0 Å². The third-order valence-electron chi connectivity index (χ3n) is 2.10. The Kier molecular flexibility index (Phi) is 4.21. The molecule has 0 spiro atoms. The Morgan fingerprint density at radius 3 is 2.60 bits per heavy atom. The molecule has 0 radical (unpaired) electrons. The van der Waals surface area contributed by atoms with Crippen LogP contribution in [0.1, 0.15) is 0 Å². The predicted molar refractivity (Wildman–Crippen MR) is 71.9 cm³/mol. The van der Waals surface area contributed by atoms with Crippen molar-refractivity contribution in [1.82, 2.24) is 9.97 Å². The van der Waals surface area contributed by atoms with Crippen molar-refractivity contribution in [1.29, 1.82) is 0 Å². The fraction of sp³-hybridized carbons (Fsp3) is 0. The number of anilines is 1. The van der Waals surface area contributed by atoms with Gasteiger partial charge >= 0.3 is 0 Å². The molecule has 0 unspecified atom stereocenters. The van der Waals surface area contributed by atoms with Crippen molar-refractivity contribution < 1.29 is 17.2 Å². The Labute approximate surface area is 126 Å². The molecular formula is C10H5BrClF2N3O2S. The molecule has 0 atom stereocenters. The van der Waals surface area contributed by atoms with Crippen LogP contribution in [0.3, 0.4) is 0 Å². The van der Waals surface area contributed by atoms with E-state index in [0.29, 0.717) is 6.07 Å². The molecule has 20 heavy (non-hydrogen) atoms. The van der Waals surface area contributed by atoms with Gasteiger partial charge in [-0.15, -0.1) is 0 Å². The van der Waals surface area contributed by atoms with E-state index in [1.807, 2.05) is 4.72 Å². The smallest absolute Gasteiger partial charge is 0.263 e. The van der Waals surface area contributed by atoms with Gasteiger partial charge < -0.3 is 0 Å². The van der Waals surface area contributed by atoms with Crippen LogP contribution >= 0.6 is 27.5 Å². The number of sulfonamides is 1. The van der Waals surface area contributed by atoms with Gasteiger partial charge in [0.25, 0.3) is 10.0 Å². The van der Waals surface area contributed by atoms with Crippen LogP contribution in [0, 0.1) is 11.6 Å². The van der Waals surface area contributed by atoms with Crippen molar-refractivity contribution in [2.75, 3.05) is 4.72 Å². The molecule has 5 nitrogen and oxygen atoms in total. The first-order chi connectivity index (χ1) is 9.29. The summed E-state index contributed by atoms with van der Waals surface area (Å²) < 4.78 is 52.5. The molecule has 1 aromatic carbocycles. The van der Waals surface area contributed by atoms with Gasteiger partial charge in [-0.2, -0.15) is 4.98 Å². The lowest BCUT2D eigenvalue weighted by atomic mass is 10.3. The maximum absolute atomic E-state index is 13.6. The highest BCUT2D eigenvalue weighted by Crippen LogP contribution is 2.27. The van der Waals surface area contributed by atoms with Gasteiger partial charge in [0.2, 0.25) is 5.28 Å². The third kappa shape index (κ3) is 3.22.